The quantitative estimate of drug-likeness (QED) is 0.553. The van der Waals surface area contributed by atoms with E-state index in [1.807, 2.05) is 0 Å². The second-order valence-electron chi connectivity index (χ2n) is 4.01. The number of carbonyl (C=O) groups excluding carboxylic acids is 3. The zero-order valence-corrected chi connectivity index (χ0v) is 13.6. The number of ether oxygens (including phenoxy) is 1. The van der Waals surface area contributed by atoms with Crippen molar-refractivity contribution in [2.75, 3.05) is 7.11 Å². The molecule has 0 radical (unpaired) electrons. The molecule has 1 aromatic carbocycles. The van der Waals surface area contributed by atoms with Crippen LogP contribution in [0.2, 0.25) is 0 Å². The summed E-state index contributed by atoms with van der Waals surface area (Å²) in [6.07, 6.45) is 0.425. The molecule has 20 heavy (non-hydrogen) atoms. The first-order valence-corrected chi connectivity index (χ1v) is 5.75. The molecular weight excluding hydrogens is 432 g/mol. The Morgan fingerprint density at radius 2 is 2.25 bits per heavy atom. The van der Waals surface area contributed by atoms with Crippen LogP contribution in [0.1, 0.15) is 23.2 Å². The van der Waals surface area contributed by atoms with E-state index in [9.17, 15) is 14.4 Å². The molecule has 0 aromatic heterocycles. The van der Waals surface area contributed by atoms with Crippen LogP contribution in [0.5, 0.6) is 5.75 Å². The summed E-state index contributed by atoms with van der Waals surface area (Å²) in [5.41, 5.74) is 0.176. The molecule has 1 heterocycles. The van der Waals surface area contributed by atoms with Gasteiger partial charge in [-0.3, -0.25) is 14.9 Å². The number of amides is 3. The average Bonchev–Trinajstić information content (AvgIpc) is 2.41. The van der Waals surface area contributed by atoms with E-state index in [4.69, 9.17) is 4.74 Å². The SMILES string of the molecule is COc1ccc[c-]c1C(=O)[N-]C1CCC(=O)NC1=O.[W+2]. The Morgan fingerprint density at radius 1 is 1.50 bits per heavy atom. The molecule has 1 aliphatic heterocycles. The molecule has 0 spiro atoms. The number of nitrogens with zero attached hydrogens (tertiary/aromatic N) is 1. The second-order valence-corrected chi connectivity index (χ2v) is 4.01. The van der Waals surface area contributed by atoms with Crippen LogP contribution in [0.15, 0.2) is 18.2 Å². The van der Waals surface area contributed by atoms with Gasteiger partial charge in [-0.05, 0) is 18.4 Å². The monoisotopic (exact) mass is 444 g/mol. The number of hydrogen-bond donors (Lipinski definition) is 1. The molecule has 1 fully saturated rings. The van der Waals surface area contributed by atoms with Crippen LogP contribution in [0.25, 0.3) is 5.32 Å². The number of piperidine rings is 1. The van der Waals surface area contributed by atoms with Crippen LogP contribution in [-0.2, 0) is 30.7 Å². The van der Waals surface area contributed by atoms with Gasteiger partial charge in [0.2, 0.25) is 11.8 Å². The Labute approximate surface area is 130 Å². The molecule has 1 unspecified atom stereocenters. The molecule has 6 nitrogen and oxygen atoms in total. The van der Waals surface area contributed by atoms with Crippen molar-refractivity contribution in [3.8, 4) is 5.75 Å². The summed E-state index contributed by atoms with van der Waals surface area (Å²) < 4.78 is 5.03. The molecule has 1 atom stereocenters. The Bertz CT molecular complexity index is 533. The number of methoxy groups -OCH3 is 1. The molecular formula is C13H12N2O4W. The molecule has 1 saturated heterocycles. The molecule has 3 amide bonds. The summed E-state index contributed by atoms with van der Waals surface area (Å²) in [5, 5.41) is 5.97. The summed E-state index contributed by atoms with van der Waals surface area (Å²) in [4.78, 5) is 34.5. The van der Waals surface area contributed by atoms with Crippen LogP contribution < -0.4 is 10.1 Å². The van der Waals surface area contributed by atoms with Crippen LogP contribution in [0.3, 0.4) is 0 Å². The minimum Gasteiger partial charge on any atom is -0.684 e. The first kappa shape index (κ1) is 16.4. The third-order valence-corrected chi connectivity index (χ3v) is 2.73. The van der Waals surface area contributed by atoms with E-state index < -0.39 is 17.9 Å². The van der Waals surface area contributed by atoms with Gasteiger partial charge in [-0.25, -0.2) is 0 Å². The minimum atomic E-state index is -0.830. The number of carbonyl (C=O) groups is 3. The van der Waals surface area contributed by atoms with E-state index in [0.29, 0.717) is 5.75 Å². The van der Waals surface area contributed by atoms with Crippen LogP contribution in [-0.4, -0.2) is 30.9 Å². The van der Waals surface area contributed by atoms with E-state index in [1.165, 1.54) is 7.11 Å². The molecule has 1 N–H and O–H groups in total. The fourth-order valence-corrected chi connectivity index (χ4v) is 1.77. The summed E-state index contributed by atoms with van der Waals surface area (Å²) in [6, 6.07) is 6.77. The number of benzene rings is 1. The van der Waals surface area contributed by atoms with Gasteiger partial charge in [-0.1, -0.05) is 5.56 Å². The van der Waals surface area contributed by atoms with Gasteiger partial charge in [-0.15, -0.1) is 24.3 Å². The van der Waals surface area contributed by atoms with Crippen molar-refractivity contribution in [2.24, 2.45) is 0 Å². The minimum absolute atomic E-state index is 0. The number of nitrogens with one attached hydrogen (secondary N) is 1. The second kappa shape index (κ2) is 7.19. The van der Waals surface area contributed by atoms with Crippen molar-refractivity contribution in [2.45, 2.75) is 18.9 Å². The fraction of sp³-hybridized carbons (Fsp3) is 0.308. The maximum absolute atomic E-state index is 12.0. The third kappa shape index (κ3) is 3.67. The molecule has 2 rings (SSSR count). The summed E-state index contributed by atoms with van der Waals surface area (Å²) in [5.74, 6) is -1.11. The van der Waals surface area contributed by atoms with Gasteiger partial charge in [0, 0.05) is 12.2 Å². The van der Waals surface area contributed by atoms with Crippen LogP contribution >= 0.6 is 0 Å². The Hall–Kier alpha value is -1.68. The smallest absolute Gasteiger partial charge is 0.684 e. The molecule has 7 heteroatoms. The molecule has 0 saturated carbocycles. The topological polar surface area (TPSA) is 86.6 Å². The number of rotatable bonds is 3. The van der Waals surface area contributed by atoms with E-state index in [2.05, 4.69) is 16.7 Å². The Morgan fingerprint density at radius 3 is 2.90 bits per heavy atom. The summed E-state index contributed by atoms with van der Waals surface area (Å²) in [6.45, 7) is 0. The van der Waals surface area contributed by atoms with Crippen LogP contribution in [0.4, 0.5) is 0 Å². The van der Waals surface area contributed by atoms with Gasteiger partial charge in [0.05, 0.1) is 7.11 Å². The van der Waals surface area contributed by atoms with Crippen molar-refractivity contribution in [3.05, 3.63) is 35.1 Å². The largest absolute Gasteiger partial charge is 2.00 e. The van der Waals surface area contributed by atoms with E-state index in [0.717, 1.165) is 0 Å². The first-order chi connectivity index (χ1) is 9.11. The molecule has 0 aliphatic carbocycles. The predicted molar refractivity (Wildman–Crippen MR) is 65.7 cm³/mol. The summed E-state index contributed by atoms with van der Waals surface area (Å²) >= 11 is 0. The number of imide groups is 1. The molecule has 1 aliphatic rings. The van der Waals surface area contributed by atoms with E-state index in [-0.39, 0.29) is 45.4 Å². The molecule has 104 valence electrons. The van der Waals surface area contributed by atoms with Gasteiger partial charge in [0.15, 0.2) is 0 Å². The molecule has 1 aromatic rings. The normalized spacial score (nSPS) is 17.8. The maximum Gasteiger partial charge on any atom is 2.00 e. The van der Waals surface area contributed by atoms with Gasteiger partial charge in [-0.2, -0.15) is 0 Å². The van der Waals surface area contributed by atoms with Gasteiger partial charge >= 0.3 is 21.1 Å². The molecule has 0 bridgehead atoms. The summed E-state index contributed by atoms with van der Waals surface area (Å²) in [7, 11) is 1.44. The first-order valence-electron chi connectivity index (χ1n) is 5.75. The fourth-order valence-electron chi connectivity index (χ4n) is 1.77. The predicted octanol–water partition coefficient (Wildman–Crippen LogP) is 0.812. The zero-order valence-electron chi connectivity index (χ0n) is 10.7. The van der Waals surface area contributed by atoms with Crippen molar-refractivity contribution in [3.63, 3.8) is 0 Å². The standard InChI is InChI=1S/C13H13N2O4.W/c1-19-10-5-3-2-4-8(10)12(17)14-9-6-7-11(16)15-13(9)18;/h2-3,5,9H,6-7H2,1H3,(H2,14,15,16,17,18);/q-1;+2/p-1. The van der Waals surface area contributed by atoms with Gasteiger partial charge in [0.1, 0.15) is 0 Å². The van der Waals surface area contributed by atoms with Crippen molar-refractivity contribution in [1.82, 2.24) is 5.32 Å². The van der Waals surface area contributed by atoms with Gasteiger partial charge < -0.3 is 14.8 Å². The van der Waals surface area contributed by atoms with E-state index >= 15 is 0 Å². The van der Waals surface area contributed by atoms with Gasteiger partial charge in [0.25, 0.3) is 0 Å². The zero-order chi connectivity index (χ0) is 13.8. The average molecular weight is 444 g/mol. The third-order valence-electron chi connectivity index (χ3n) is 2.73. The van der Waals surface area contributed by atoms with E-state index in [1.54, 1.807) is 18.2 Å². The Balaban J connectivity index is 0.00000200. The number of hydrogen-bond acceptors (Lipinski definition) is 4. The maximum atomic E-state index is 12.0. The van der Waals surface area contributed by atoms with Crippen molar-refractivity contribution < 1.29 is 40.2 Å². The van der Waals surface area contributed by atoms with Crippen LogP contribution in [0, 0.1) is 6.07 Å². The van der Waals surface area contributed by atoms with Crippen molar-refractivity contribution >= 4 is 17.7 Å². The Kier molecular flexibility index (Phi) is 5.89. The van der Waals surface area contributed by atoms with Crippen molar-refractivity contribution in [1.29, 1.82) is 0 Å².